The van der Waals surface area contributed by atoms with Crippen LogP contribution < -0.4 is 5.14 Å². The van der Waals surface area contributed by atoms with Crippen LogP contribution in [0.1, 0.15) is 39.5 Å². The van der Waals surface area contributed by atoms with Crippen LogP contribution >= 0.6 is 0 Å². The number of sulfonamides is 1. The van der Waals surface area contributed by atoms with Gasteiger partial charge in [0.2, 0.25) is 15.9 Å². The van der Waals surface area contributed by atoms with Crippen LogP contribution in [0.4, 0.5) is 0 Å². The molecule has 5 nitrogen and oxygen atoms in total. The molecular formula is C11H22N2O3S. The molecule has 1 amide bonds. The number of hydrogen-bond acceptors (Lipinski definition) is 3. The van der Waals surface area contributed by atoms with E-state index in [2.05, 4.69) is 0 Å². The van der Waals surface area contributed by atoms with Crippen molar-refractivity contribution >= 4 is 15.9 Å². The average Bonchev–Trinajstić information content (AvgIpc) is 2.28. The molecule has 0 aliphatic carbocycles. The molecule has 0 aromatic heterocycles. The molecule has 6 heteroatoms. The highest BCUT2D eigenvalue weighted by Crippen LogP contribution is 2.18. The quantitative estimate of drug-likeness (QED) is 0.810. The summed E-state index contributed by atoms with van der Waals surface area (Å²) in [5.74, 6) is 0.394. The summed E-state index contributed by atoms with van der Waals surface area (Å²) in [5.41, 5.74) is 0. The summed E-state index contributed by atoms with van der Waals surface area (Å²) in [5, 5.41) is 4.55. The number of piperidine rings is 1. The molecule has 1 saturated heterocycles. The Hall–Kier alpha value is -0.620. The molecule has 2 unspecified atom stereocenters. The van der Waals surface area contributed by atoms with Crippen molar-refractivity contribution in [2.75, 3.05) is 13.1 Å². The average molecular weight is 262 g/mol. The SMILES string of the molecule is CCC(C)CC(=O)N1CCCC(S(N)(=O)=O)C1. The van der Waals surface area contributed by atoms with Crippen molar-refractivity contribution in [1.82, 2.24) is 4.90 Å². The second-order valence-electron chi connectivity index (χ2n) is 4.91. The molecule has 1 rings (SSSR count). The van der Waals surface area contributed by atoms with Gasteiger partial charge in [-0.15, -0.1) is 0 Å². The second-order valence-corrected chi connectivity index (χ2v) is 6.76. The number of carbonyl (C=O) groups is 1. The van der Waals surface area contributed by atoms with E-state index in [1.807, 2.05) is 13.8 Å². The van der Waals surface area contributed by atoms with Crippen molar-refractivity contribution in [3.8, 4) is 0 Å². The first-order valence-corrected chi connectivity index (χ1v) is 7.75. The molecule has 17 heavy (non-hydrogen) atoms. The van der Waals surface area contributed by atoms with Crippen molar-refractivity contribution < 1.29 is 13.2 Å². The highest BCUT2D eigenvalue weighted by Gasteiger charge is 2.30. The molecular weight excluding hydrogens is 240 g/mol. The fraction of sp³-hybridized carbons (Fsp3) is 0.909. The Kier molecular flexibility index (Phi) is 4.94. The zero-order valence-corrected chi connectivity index (χ0v) is 11.4. The number of primary sulfonamides is 1. The molecule has 0 spiro atoms. The molecule has 2 N–H and O–H groups in total. The molecule has 2 atom stereocenters. The topological polar surface area (TPSA) is 80.5 Å². The first-order chi connectivity index (χ1) is 7.84. The number of rotatable bonds is 4. The Labute approximate surface area is 103 Å². The lowest BCUT2D eigenvalue weighted by Crippen LogP contribution is -2.47. The van der Waals surface area contributed by atoms with E-state index in [-0.39, 0.29) is 12.5 Å². The van der Waals surface area contributed by atoms with Gasteiger partial charge < -0.3 is 4.90 Å². The van der Waals surface area contributed by atoms with Gasteiger partial charge in [0.25, 0.3) is 0 Å². The van der Waals surface area contributed by atoms with Crippen molar-refractivity contribution in [2.24, 2.45) is 11.1 Å². The monoisotopic (exact) mass is 262 g/mol. The van der Waals surface area contributed by atoms with Crippen LogP contribution in [0.2, 0.25) is 0 Å². The van der Waals surface area contributed by atoms with E-state index in [9.17, 15) is 13.2 Å². The number of nitrogens with two attached hydrogens (primary N) is 1. The molecule has 0 bridgehead atoms. The van der Waals surface area contributed by atoms with E-state index >= 15 is 0 Å². The maximum absolute atomic E-state index is 11.9. The molecule has 1 heterocycles. The summed E-state index contributed by atoms with van der Waals surface area (Å²) in [6.45, 7) is 4.98. The van der Waals surface area contributed by atoms with Gasteiger partial charge in [-0.3, -0.25) is 4.79 Å². The summed E-state index contributed by atoms with van der Waals surface area (Å²) >= 11 is 0. The third-order valence-electron chi connectivity index (χ3n) is 3.42. The first kappa shape index (κ1) is 14.4. The second kappa shape index (κ2) is 5.82. The largest absolute Gasteiger partial charge is 0.341 e. The zero-order chi connectivity index (χ0) is 13.1. The third kappa shape index (κ3) is 4.27. The fourth-order valence-electron chi connectivity index (χ4n) is 2.00. The fourth-order valence-corrected chi connectivity index (χ4v) is 2.89. The van der Waals surface area contributed by atoms with E-state index in [0.29, 0.717) is 31.7 Å². The lowest BCUT2D eigenvalue weighted by molar-refractivity contribution is -0.132. The minimum absolute atomic E-state index is 0.0488. The Morgan fingerprint density at radius 1 is 1.53 bits per heavy atom. The van der Waals surface area contributed by atoms with Gasteiger partial charge in [-0.1, -0.05) is 20.3 Å². The lowest BCUT2D eigenvalue weighted by atomic mass is 10.0. The lowest BCUT2D eigenvalue weighted by Gasteiger charge is -2.32. The highest BCUT2D eigenvalue weighted by molar-refractivity contribution is 7.89. The predicted octanol–water partition coefficient (Wildman–Crippen LogP) is 0.702. The number of nitrogens with zero attached hydrogens (tertiary/aromatic N) is 1. The first-order valence-electron chi connectivity index (χ1n) is 6.14. The standard InChI is InChI=1S/C11H22N2O3S/c1-3-9(2)7-11(14)13-6-4-5-10(8-13)17(12,15)16/h9-10H,3-8H2,1-2H3,(H2,12,15,16). The van der Waals surface area contributed by atoms with Gasteiger partial charge in [0.05, 0.1) is 5.25 Å². The number of carbonyl (C=O) groups excluding carboxylic acids is 1. The highest BCUT2D eigenvalue weighted by atomic mass is 32.2. The van der Waals surface area contributed by atoms with Crippen LogP contribution in [0, 0.1) is 5.92 Å². The van der Waals surface area contributed by atoms with Gasteiger partial charge in [0.15, 0.2) is 0 Å². The van der Waals surface area contributed by atoms with Crippen molar-refractivity contribution in [1.29, 1.82) is 0 Å². The zero-order valence-electron chi connectivity index (χ0n) is 10.6. The normalized spacial score (nSPS) is 23.5. The maximum atomic E-state index is 11.9. The van der Waals surface area contributed by atoms with E-state index in [0.717, 1.165) is 6.42 Å². The summed E-state index contributed by atoms with van der Waals surface area (Å²) < 4.78 is 22.5. The van der Waals surface area contributed by atoms with Crippen LogP contribution in [0.15, 0.2) is 0 Å². The van der Waals surface area contributed by atoms with E-state index in [1.165, 1.54) is 0 Å². The van der Waals surface area contributed by atoms with Crippen LogP contribution in [-0.4, -0.2) is 37.6 Å². The van der Waals surface area contributed by atoms with Gasteiger partial charge in [0.1, 0.15) is 0 Å². The molecule has 0 saturated carbocycles. The van der Waals surface area contributed by atoms with E-state index < -0.39 is 15.3 Å². The third-order valence-corrected chi connectivity index (χ3v) is 4.73. The summed E-state index contributed by atoms with van der Waals surface area (Å²) in [7, 11) is -3.52. The summed E-state index contributed by atoms with van der Waals surface area (Å²) in [6.07, 6.45) is 2.73. The Morgan fingerprint density at radius 3 is 2.71 bits per heavy atom. The smallest absolute Gasteiger partial charge is 0.222 e. The van der Waals surface area contributed by atoms with Crippen LogP contribution in [0.25, 0.3) is 0 Å². The van der Waals surface area contributed by atoms with Crippen molar-refractivity contribution in [2.45, 2.75) is 44.8 Å². The van der Waals surface area contributed by atoms with Gasteiger partial charge in [-0.2, -0.15) is 0 Å². The minimum Gasteiger partial charge on any atom is -0.341 e. The Balaban J connectivity index is 2.58. The summed E-state index contributed by atoms with van der Waals surface area (Å²) in [4.78, 5) is 13.6. The molecule has 1 fully saturated rings. The molecule has 100 valence electrons. The van der Waals surface area contributed by atoms with Crippen LogP contribution in [0.5, 0.6) is 0 Å². The number of amides is 1. The van der Waals surface area contributed by atoms with Crippen LogP contribution in [0.3, 0.4) is 0 Å². The van der Waals surface area contributed by atoms with Gasteiger partial charge in [-0.05, 0) is 18.8 Å². The van der Waals surface area contributed by atoms with E-state index in [4.69, 9.17) is 5.14 Å². The van der Waals surface area contributed by atoms with E-state index in [1.54, 1.807) is 4.90 Å². The Morgan fingerprint density at radius 2 is 2.18 bits per heavy atom. The number of hydrogen-bond donors (Lipinski definition) is 1. The van der Waals surface area contributed by atoms with Crippen LogP contribution in [-0.2, 0) is 14.8 Å². The van der Waals surface area contributed by atoms with Gasteiger partial charge in [-0.25, -0.2) is 13.6 Å². The molecule has 0 aromatic rings. The molecule has 0 aromatic carbocycles. The van der Waals surface area contributed by atoms with Crippen molar-refractivity contribution in [3.05, 3.63) is 0 Å². The molecule has 0 radical (unpaired) electrons. The van der Waals surface area contributed by atoms with Crippen molar-refractivity contribution in [3.63, 3.8) is 0 Å². The molecule has 1 aliphatic rings. The Bertz CT molecular complexity index is 367. The van der Waals surface area contributed by atoms with Gasteiger partial charge >= 0.3 is 0 Å². The minimum atomic E-state index is -3.52. The summed E-state index contributed by atoms with van der Waals surface area (Å²) in [6, 6.07) is 0. The predicted molar refractivity (Wildman–Crippen MR) is 66.8 cm³/mol. The molecule has 1 aliphatic heterocycles. The van der Waals surface area contributed by atoms with Gasteiger partial charge in [0, 0.05) is 19.5 Å². The maximum Gasteiger partial charge on any atom is 0.222 e. The number of likely N-dealkylation sites (tertiary alicyclic amines) is 1.